The van der Waals surface area contributed by atoms with E-state index in [9.17, 15) is 4.79 Å². The monoisotopic (exact) mass is 263 g/mol. The van der Waals surface area contributed by atoms with Crippen LogP contribution in [-0.4, -0.2) is 15.7 Å². The number of aryl methyl sites for hydroxylation is 1. The van der Waals surface area contributed by atoms with Crippen molar-refractivity contribution in [3.8, 4) is 0 Å². The minimum atomic E-state index is -0.122. The Hall–Kier alpha value is -1.81. The van der Waals surface area contributed by atoms with E-state index in [-0.39, 0.29) is 11.9 Å². The number of rotatable bonds is 3. The van der Waals surface area contributed by atoms with Gasteiger partial charge >= 0.3 is 0 Å². The number of amides is 1. The number of carbonyl (C=O) groups is 1. The Kier molecular flexibility index (Phi) is 3.67. The molecule has 0 saturated heterocycles. The zero-order chi connectivity index (χ0) is 13.1. The summed E-state index contributed by atoms with van der Waals surface area (Å²) in [6.45, 7) is 1.92. The lowest BCUT2D eigenvalue weighted by molar-refractivity contribution is 0.0940. The van der Waals surface area contributed by atoms with Gasteiger partial charge in [-0.25, -0.2) is 0 Å². The third-order valence-electron chi connectivity index (χ3n) is 2.68. The third-order valence-corrected chi connectivity index (χ3v) is 2.93. The number of carbonyl (C=O) groups excluding carboxylic acids is 1. The molecule has 1 aromatic heterocycles. The van der Waals surface area contributed by atoms with Crippen LogP contribution < -0.4 is 5.32 Å². The Morgan fingerprint density at radius 3 is 2.61 bits per heavy atom. The molecule has 0 fully saturated rings. The molecule has 1 N–H and O–H groups in total. The number of benzene rings is 1. The maximum Gasteiger partial charge on any atom is 0.251 e. The standard InChI is InChI=1S/C13H14ClN3O/c1-9(11-7-15-17(2)8-11)16-13(18)10-3-5-12(14)6-4-10/h3-9H,1-2H3,(H,16,18). The van der Waals surface area contributed by atoms with E-state index in [4.69, 9.17) is 11.6 Å². The molecule has 1 heterocycles. The average Bonchev–Trinajstić information content (AvgIpc) is 2.76. The first-order valence-corrected chi connectivity index (χ1v) is 5.99. The van der Waals surface area contributed by atoms with Crippen molar-refractivity contribution in [2.75, 3.05) is 0 Å². The Morgan fingerprint density at radius 1 is 1.39 bits per heavy atom. The first-order chi connectivity index (χ1) is 8.56. The molecule has 0 spiro atoms. The minimum Gasteiger partial charge on any atom is -0.345 e. The number of nitrogens with one attached hydrogen (secondary N) is 1. The van der Waals surface area contributed by atoms with Gasteiger partial charge < -0.3 is 5.32 Å². The fourth-order valence-corrected chi connectivity index (χ4v) is 1.75. The molecule has 1 amide bonds. The summed E-state index contributed by atoms with van der Waals surface area (Å²) in [7, 11) is 1.84. The van der Waals surface area contributed by atoms with Crippen LogP contribution in [-0.2, 0) is 7.05 Å². The van der Waals surface area contributed by atoms with Gasteiger partial charge in [-0.1, -0.05) is 11.6 Å². The summed E-state index contributed by atoms with van der Waals surface area (Å²) in [5.74, 6) is -0.122. The highest BCUT2D eigenvalue weighted by Gasteiger charge is 2.12. The molecule has 0 radical (unpaired) electrons. The van der Waals surface area contributed by atoms with Crippen molar-refractivity contribution < 1.29 is 4.79 Å². The van der Waals surface area contributed by atoms with Gasteiger partial charge in [0.2, 0.25) is 0 Å². The molecule has 5 heteroatoms. The van der Waals surface area contributed by atoms with Gasteiger partial charge in [-0.15, -0.1) is 0 Å². The lowest BCUT2D eigenvalue weighted by Gasteiger charge is -2.12. The maximum absolute atomic E-state index is 12.0. The minimum absolute atomic E-state index is 0.0816. The van der Waals surface area contributed by atoms with E-state index in [0.717, 1.165) is 5.56 Å². The molecule has 0 aliphatic rings. The fraction of sp³-hybridized carbons (Fsp3) is 0.231. The quantitative estimate of drug-likeness (QED) is 0.925. The molecule has 2 aromatic rings. The van der Waals surface area contributed by atoms with Crippen LogP contribution in [0.15, 0.2) is 36.7 Å². The topological polar surface area (TPSA) is 46.9 Å². The van der Waals surface area contributed by atoms with Crippen molar-refractivity contribution in [1.29, 1.82) is 0 Å². The number of nitrogens with zero attached hydrogens (tertiary/aromatic N) is 2. The van der Waals surface area contributed by atoms with E-state index in [1.54, 1.807) is 35.1 Å². The highest BCUT2D eigenvalue weighted by atomic mass is 35.5. The van der Waals surface area contributed by atoms with Gasteiger partial charge in [-0.2, -0.15) is 5.10 Å². The predicted octanol–water partition coefficient (Wildman–Crippen LogP) is 2.56. The Morgan fingerprint density at radius 2 is 2.06 bits per heavy atom. The number of hydrogen-bond acceptors (Lipinski definition) is 2. The van der Waals surface area contributed by atoms with Crippen LogP contribution in [0.3, 0.4) is 0 Å². The van der Waals surface area contributed by atoms with Crippen molar-refractivity contribution in [3.63, 3.8) is 0 Å². The van der Waals surface area contributed by atoms with Crippen LogP contribution in [0.5, 0.6) is 0 Å². The van der Waals surface area contributed by atoms with E-state index in [2.05, 4.69) is 10.4 Å². The lowest BCUT2D eigenvalue weighted by Crippen LogP contribution is -2.26. The summed E-state index contributed by atoms with van der Waals surface area (Å²) in [4.78, 5) is 12.0. The van der Waals surface area contributed by atoms with E-state index in [0.29, 0.717) is 10.6 Å². The van der Waals surface area contributed by atoms with Crippen molar-refractivity contribution in [3.05, 3.63) is 52.8 Å². The molecule has 94 valence electrons. The van der Waals surface area contributed by atoms with Crippen molar-refractivity contribution >= 4 is 17.5 Å². The summed E-state index contributed by atoms with van der Waals surface area (Å²) in [6, 6.07) is 6.72. The molecular weight excluding hydrogens is 250 g/mol. The Labute approximate surface area is 111 Å². The Bertz CT molecular complexity index is 548. The fourth-order valence-electron chi connectivity index (χ4n) is 1.63. The SMILES string of the molecule is CC(NC(=O)c1ccc(Cl)cc1)c1cnn(C)c1. The molecule has 0 bridgehead atoms. The molecule has 1 unspecified atom stereocenters. The summed E-state index contributed by atoms with van der Waals surface area (Å²) in [5.41, 5.74) is 1.56. The summed E-state index contributed by atoms with van der Waals surface area (Å²) >= 11 is 5.78. The number of hydrogen-bond donors (Lipinski definition) is 1. The van der Waals surface area contributed by atoms with Gasteiger partial charge in [0.1, 0.15) is 0 Å². The molecule has 2 rings (SSSR count). The molecule has 0 aliphatic heterocycles. The van der Waals surface area contributed by atoms with Gasteiger partial charge in [-0.3, -0.25) is 9.48 Å². The zero-order valence-corrected chi connectivity index (χ0v) is 11.0. The van der Waals surface area contributed by atoms with E-state index < -0.39 is 0 Å². The van der Waals surface area contributed by atoms with Gasteiger partial charge in [0.05, 0.1) is 12.2 Å². The largest absolute Gasteiger partial charge is 0.345 e. The predicted molar refractivity (Wildman–Crippen MR) is 70.5 cm³/mol. The van der Waals surface area contributed by atoms with Crippen LogP contribution in [0.2, 0.25) is 5.02 Å². The first-order valence-electron chi connectivity index (χ1n) is 5.61. The first kappa shape index (κ1) is 12.6. The smallest absolute Gasteiger partial charge is 0.251 e. The van der Waals surface area contributed by atoms with Crippen LogP contribution >= 0.6 is 11.6 Å². The third kappa shape index (κ3) is 2.90. The van der Waals surface area contributed by atoms with Crippen LogP contribution in [0.25, 0.3) is 0 Å². The molecule has 18 heavy (non-hydrogen) atoms. The normalized spacial score (nSPS) is 12.2. The Balaban J connectivity index is 2.05. The van der Waals surface area contributed by atoms with Gasteiger partial charge in [0, 0.05) is 29.4 Å². The summed E-state index contributed by atoms with van der Waals surface area (Å²) in [6.07, 6.45) is 3.62. The van der Waals surface area contributed by atoms with Crippen LogP contribution in [0.4, 0.5) is 0 Å². The van der Waals surface area contributed by atoms with Gasteiger partial charge in [-0.05, 0) is 31.2 Å². The number of halogens is 1. The second-order valence-electron chi connectivity index (χ2n) is 4.15. The summed E-state index contributed by atoms with van der Waals surface area (Å²) in [5, 5.41) is 7.60. The van der Waals surface area contributed by atoms with Crippen molar-refractivity contribution in [2.24, 2.45) is 7.05 Å². The number of aromatic nitrogens is 2. The average molecular weight is 264 g/mol. The molecule has 0 aliphatic carbocycles. The molecule has 4 nitrogen and oxygen atoms in total. The van der Waals surface area contributed by atoms with E-state index in [1.165, 1.54) is 0 Å². The zero-order valence-electron chi connectivity index (χ0n) is 10.2. The second-order valence-corrected chi connectivity index (χ2v) is 4.59. The molecule has 1 aromatic carbocycles. The van der Waals surface area contributed by atoms with E-state index in [1.807, 2.05) is 20.2 Å². The molecular formula is C13H14ClN3O. The summed E-state index contributed by atoms with van der Waals surface area (Å²) < 4.78 is 1.71. The van der Waals surface area contributed by atoms with E-state index >= 15 is 0 Å². The second kappa shape index (κ2) is 5.23. The van der Waals surface area contributed by atoms with Gasteiger partial charge in [0.25, 0.3) is 5.91 Å². The highest BCUT2D eigenvalue weighted by molar-refractivity contribution is 6.30. The maximum atomic E-state index is 12.0. The lowest BCUT2D eigenvalue weighted by atomic mass is 10.1. The van der Waals surface area contributed by atoms with Crippen LogP contribution in [0.1, 0.15) is 28.9 Å². The molecule has 0 saturated carbocycles. The van der Waals surface area contributed by atoms with Crippen molar-refractivity contribution in [1.82, 2.24) is 15.1 Å². The highest BCUT2D eigenvalue weighted by Crippen LogP contribution is 2.13. The molecule has 1 atom stereocenters. The van der Waals surface area contributed by atoms with Gasteiger partial charge in [0.15, 0.2) is 0 Å². The van der Waals surface area contributed by atoms with Crippen molar-refractivity contribution in [2.45, 2.75) is 13.0 Å². The van der Waals surface area contributed by atoms with Crippen LogP contribution in [0, 0.1) is 0 Å².